The van der Waals surface area contributed by atoms with Gasteiger partial charge in [-0.15, -0.1) is 6.42 Å². The Labute approximate surface area is 74.2 Å². The highest BCUT2D eigenvalue weighted by atomic mass is 16.3. The summed E-state index contributed by atoms with van der Waals surface area (Å²) < 4.78 is 0. The minimum atomic E-state index is -0.773. The summed E-state index contributed by atoms with van der Waals surface area (Å²) in [6.45, 7) is 2.15. The molecule has 2 fully saturated rings. The maximum Gasteiger partial charge on any atom is 0.131 e. The lowest BCUT2D eigenvalue weighted by atomic mass is 9.70. The largest absolute Gasteiger partial charge is 0.377 e. The van der Waals surface area contributed by atoms with Gasteiger partial charge in [-0.05, 0) is 38.0 Å². The van der Waals surface area contributed by atoms with Gasteiger partial charge in [0.25, 0.3) is 0 Å². The van der Waals surface area contributed by atoms with E-state index in [0.717, 1.165) is 25.7 Å². The first kappa shape index (κ1) is 8.13. The van der Waals surface area contributed by atoms with Gasteiger partial charge in [-0.1, -0.05) is 12.8 Å². The van der Waals surface area contributed by atoms with Crippen molar-refractivity contribution in [1.29, 1.82) is 0 Å². The van der Waals surface area contributed by atoms with E-state index >= 15 is 0 Å². The van der Waals surface area contributed by atoms with Crippen LogP contribution < -0.4 is 0 Å². The molecule has 0 amide bonds. The smallest absolute Gasteiger partial charge is 0.131 e. The second kappa shape index (κ2) is 2.26. The second-order valence-electron chi connectivity index (χ2n) is 4.45. The molecule has 0 aliphatic heterocycles. The van der Waals surface area contributed by atoms with Crippen molar-refractivity contribution in [3.8, 4) is 12.3 Å². The van der Waals surface area contributed by atoms with Crippen LogP contribution in [0, 0.1) is 23.7 Å². The first-order valence-electron chi connectivity index (χ1n) is 4.86. The van der Waals surface area contributed by atoms with Gasteiger partial charge in [-0.25, -0.2) is 0 Å². The van der Waals surface area contributed by atoms with E-state index in [1.807, 2.05) is 0 Å². The topological polar surface area (TPSA) is 20.2 Å². The molecule has 0 unspecified atom stereocenters. The summed E-state index contributed by atoms with van der Waals surface area (Å²) in [6.07, 6.45) is 10.9. The van der Waals surface area contributed by atoms with Crippen LogP contribution in [0.4, 0.5) is 0 Å². The van der Waals surface area contributed by atoms with Gasteiger partial charge in [0, 0.05) is 5.41 Å². The summed E-state index contributed by atoms with van der Waals surface area (Å²) in [7, 11) is 0. The van der Waals surface area contributed by atoms with Crippen LogP contribution in [0.15, 0.2) is 0 Å². The summed E-state index contributed by atoms with van der Waals surface area (Å²) in [5, 5.41) is 10.2. The van der Waals surface area contributed by atoms with E-state index in [1.54, 1.807) is 0 Å². The fourth-order valence-electron chi connectivity index (χ4n) is 3.25. The lowest BCUT2D eigenvalue weighted by Crippen LogP contribution is -2.42. The maximum absolute atomic E-state index is 10.2. The molecule has 0 radical (unpaired) electrons. The molecule has 1 heteroatoms. The maximum atomic E-state index is 10.2. The van der Waals surface area contributed by atoms with Gasteiger partial charge in [-0.2, -0.15) is 0 Å². The monoisotopic (exact) mass is 164 g/mol. The van der Waals surface area contributed by atoms with Crippen LogP contribution in [0.25, 0.3) is 0 Å². The van der Waals surface area contributed by atoms with Crippen LogP contribution in [0.3, 0.4) is 0 Å². The fourth-order valence-corrected chi connectivity index (χ4v) is 3.25. The van der Waals surface area contributed by atoms with Crippen LogP contribution in [-0.2, 0) is 0 Å². The van der Waals surface area contributed by atoms with Crippen LogP contribution in [0.2, 0.25) is 0 Å². The molecule has 66 valence electrons. The molecule has 1 N–H and O–H groups in total. The third-order valence-electron chi connectivity index (χ3n) is 4.09. The molecule has 3 atom stereocenters. The summed E-state index contributed by atoms with van der Waals surface area (Å²) >= 11 is 0. The Kier molecular flexibility index (Phi) is 1.53. The molecular formula is C11H16O. The van der Waals surface area contributed by atoms with E-state index in [-0.39, 0.29) is 5.41 Å². The molecule has 2 saturated carbocycles. The van der Waals surface area contributed by atoms with E-state index in [9.17, 15) is 5.11 Å². The predicted molar refractivity (Wildman–Crippen MR) is 48.5 cm³/mol. The molecule has 0 spiro atoms. The van der Waals surface area contributed by atoms with E-state index in [0.29, 0.717) is 5.92 Å². The van der Waals surface area contributed by atoms with Gasteiger partial charge in [-0.3, -0.25) is 0 Å². The van der Waals surface area contributed by atoms with E-state index in [4.69, 9.17) is 6.42 Å². The molecule has 12 heavy (non-hydrogen) atoms. The number of terminal acetylenes is 1. The number of fused-ring (bicyclic) bond motifs is 2. The average Bonchev–Trinajstić information content (AvgIpc) is 2.60. The minimum absolute atomic E-state index is 0.0758. The number of hydrogen-bond acceptors (Lipinski definition) is 1. The molecule has 2 rings (SSSR count). The van der Waals surface area contributed by atoms with Crippen molar-refractivity contribution in [3.63, 3.8) is 0 Å². The van der Waals surface area contributed by atoms with Gasteiger partial charge >= 0.3 is 0 Å². The van der Waals surface area contributed by atoms with Crippen molar-refractivity contribution < 1.29 is 5.11 Å². The summed E-state index contributed by atoms with van der Waals surface area (Å²) in [6, 6.07) is 0. The van der Waals surface area contributed by atoms with Gasteiger partial charge in [0.15, 0.2) is 0 Å². The van der Waals surface area contributed by atoms with E-state index < -0.39 is 5.60 Å². The zero-order valence-corrected chi connectivity index (χ0v) is 7.64. The predicted octanol–water partition coefficient (Wildman–Crippen LogP) is 1.95. The lowest BCUT2D eigenvalue weighted by Gasteiger charge is -2.38. The standard InChI is InChI=1S/C11H16O/c1-3-10-6-5-9(7-10)8-11(10,12)4-2/h2,9,12H,3,5-8H2,1H3/t9-,10-,11-/m0/s1. The minimum Gasteiger partial charge on any atom is -0.377 e. The average molecular weight is 164 g/mol. The third kappa shape index (κ3) is 0.742. The lowest BCUT2D eigenvalue weighted by molar-refractivity contribution is -0.0253. The van der Waals surface area contributed by atoms with Gasteiger partial charge < -0.3 is 5.11 Å². The highest BCUT2D eigenvalue weighted by Gasteiger charge is 2.59. The van der Waals surface area contributed by atoms with Crippen LogP contribution in [0.5, 0.6) is 0 Å². The molecule has 0 aromatic rings. The highest BCUT2D eigenvalue weighted by Crippen LogP contribution is 2.61. The molecule has 0 saturated heterocycles. The first-order valence-corrected chi connectivity index (χ1v) is 4.86. The van der Waals surface area contributed by atoms with Crippen molar-refractivity contribution in [2.45, 2.75) is 44.6 Å². The van der Waals surface area contributed by atoms with Crippen LogP contribution in [0.1, 0.15) is 39.0 Å². The van der Waals surface area contributed by atoms with E-state index in [1.165, 1.54) is 6.42 Å². The fraction of sp³-hybridized carbons (Fsp3) is 0.818. The van der Waals surface area contributed by atoms with Gasteiger partial charge in [0.1, 0.15) is 5.60 Å². The Hall–Kier alpha value is -0.480. The quantitative estimate of drug-likeness (QED) is 0.587. The van der Waals surface area contributed by atoms with Crippen molar-refractivity contribution >= 4 is 0 Å². The molecule has 2 aliphatic rings. The van der Waals surface area contributed by atoms with Crippen molar-refractivity contribution in [2.75, 3.05) is 0 Å². The van der Waals surface area contributed by atoms with Crippen molar-refractivity contribution in [3.05, 3.63) is 0 Å². The molecule has 2 bridgehead atoms. The second-order valence-corrected chi connectivity index (χ2v) is 4.45. The number of hydrogen-bond donors (Lipinski definition) is 1. The van der Waals surface area contributed by atoms with Gasteiger partial charge in [0.2, 0.25) is 0 Å². The van der Waals surface area contributed by atoms with Crippen molar-refractivity contribution in [2.24, 2.45) is 11.3 Å². The Morgan fingerprint density at radius 2 is 2.33 bits per heavy atom. The Balaban J connectivity index is 2.36. The number of aliphatic hydroxyl groups is 1. The molecular weight excluding hydrogens is 148 g/mol. The molecule has 0 aromatic carbocycles. The molecule has 0 aromatic heterocycles. The van der Waals surface area contributed by atoms with Gasteiger partial charge in [0.05, 0.1) is 0 Å². The molecule has 1 nitrogen and oxygen atoms in total. The summed E-state index contributed by atoms with van der Waals surface area (Å²) in [5.41, 5.74) is -0.697. The Morgan fingerprint density at radius 1 is 1.58 bits per heavy atom. The summed E-state index contributed by atoms with van der Waals surface area (Å²) in [4.78, 5) is 0. The summed E-state index contributed by atoms with van der Waals surface area (Å²) in [5.74, 6) is 3.32. The Bertz CT molecular complexity index is 240. The molecule has 0 heterocycles. The van der Waals surface area contributed by atoms with Crippen LogP contribution >= 0.6 is 0 Å². The SMILES string of the molecule is C#C[C@]1(O)C[C@H]2CC[C@@]1(CC)C2. The Morgan fingerprint density at radius 3 is 2.75 bits per heavy atom. The van der Waals surface area contributed by atoms with Crippen LogP contribution in [-0.4, -0.2) is 10.7 Å². The van der Waals surface area contributed by atoms with Crippen molar-refractivity contribution in [1.82, 2.24) is 0 Å². The molecule has 2 aliphatic carbocycles. The van der Waals surface area contributed by atoms with E-state index in [2.05, 4.69) is 12.8 Å². The number of rotatable bonds is 1. The normalized spacial score (nSPS) is 50.9. The zero-order valence-electron chi connectivity index (χ0n) is 7.64. The highest BCUT2D eigenvalue weighted by molar-refractivity contribution is 5.23. The zero-order chi connectivity index (χ0) is 8.82. The first-order chi connectivity index (χ1) is 5.66. The third-order valence-corrected chi connectivity index (χ3v) is 4.09.